The highest BCUT2D eigenvalue weighted by atomic mass is 79.9. The minimum Gasteiger partial charge on any atom is -0.398 e. The molecule has 1 unspecified atom stereocenters. The van der Waals surface area contributed by atoms with E-state index in [1.165, 1.54) is 17.8 Å². The second kappa shape index (κ2) is 5.31. The van der Waals surface area contributed by atoms with Crippen LogP contribution in [0, 0.1) is 5.82 Å². The Hall–Kier alpha value is -2.39. The zero-order chi connectivity index (χ0) is 18.1. The molecule has 1 aliphatic carbocycles. The molecule has 0 radical (unpaired) electrons. The van der Waals surface area contributed by atoms with E-state index in [2.05, 4.69) is 31.3 Å². The molecule has 1 atom stereocenters. The number of aliphatic imine (C=N–C) groups is 1. The average Bonchev–Trinajstić information content (AvgIpc) is 3.26. The molecule has 6 nitrogen and oxygen atoms in total. The van der Waals surface area contributed by atoms with Gasteiger partial charge in [0.2, 0.25) is 0 Å². The van der Waals surface area contributed by atoms with Crippen molar-refractivity contribution in [2.75, 3.05) is 0 Å². The van der Waals surface area contributed by atoms with Gasteiger partial charge in [0.05, 0.1) is 44.9 Å². The number of fused-ring (bicyclic) bond motifs is 1. The Morgan fingerprint density at radius 1 is 1.42 bits per heavy atom. The van der Waals surface area contributed by atoms with E-state index in [4.69, 9.17) is 5.73 Å². The van der Waals surface area contributed by atoms with E-state index in [1.54, 1.807) is 21.7 Å². The number of aromatic nitrogens is 2. The number of aromatic amines is 1. The number of hydrogen-bond acceptors (Lipinski definition) is 6. The van der Waals surface area contributed by atoms with Gasteiger partial charge in [-0.2, -0.15) is 5.10 Å². The lowest BCUT2D eigenvalue weighted by Gasteiger charge is -2.42. The highest BCUT2D eigenvalue weighted by molar-refractivity contribution is 9.07. The Kier molecular flexibility index (Phi) is 3.23. The van der Waals surface area contributed by atoms with Crippen molar-refractivity contribution in [3.63, 3.8) is 0 Å². The second-order valence-corrected chi connectivity index (χ2v) is 7.91. The van der Waals surface area contributed by atoms with Gasteiger partial charge >= 0.3 is 0 Å². The van der Waals surface area contributed by atoms with Gasteiger partial charge in [-0.3, -0.25) is 18.8 Å². The van der Waals surface area contributed by atoms with Crippen molar-refractivity contribution in [1.29, 1.82) is 0 Å². The topological polar surface area (TPSA) is 87.4 Å². The minimum atomic E-state index is -0.793. The maximum atomic E-state index is 14.0. The number of hydrogen-bond donors (Lipinski definition) is 2. The molecule has 2 aliphatic heterocycles. The van der Waals surface area contributed by atoms with Crippen molar-refractivity contribution in [1.82, 2.24) is 14.1 Å². The summed E-state index contributed by atoms with van der Waals surface area (Å²) < 4.78 is 15.8. The van der Waals surface area contributed by atoms with Gasteiger partial charge in [0, 0.05) is 23.6 Å². The summed E-state index contributed by atoms with van der Waals surface area (Å²) >= 11 is 4.98. The first-order valence-corrected chi connectivity index (χ1v) is 9.36. The number of allylic oxidation sites excluding steroid dienone is 2. The van der Waals surface area contributed by atoms with Gasteiger partial charge < -0.3 is 5.73 Å². The summed E-state index contributed by atoms with van der Waals surface area (Å²) in [7, 11) is 0. The third kappa shape index (κ3) is 1.84. The molecule has 5 rings (SSSR count). The summed E-state index contributed by atoms with van der Waals surface area (Å²) in [4.78, 5) is 16.4. The van der Waals surface area contributed by atoms with Crippen molar-refractivity contribution in [2.45, 2.75) is 11.3 Å². The molecule has 1 aromatic heterocycles. The van der Waals surface area contributed by atoms with E-state index in [0.717, 1.165) is 5.70 Å². The van der Waals surface area contributed by atoms with Gasteiger partial charge in [-0.25, -0.2) is 4.39 Å². The Morgan fingerprint density at radius 2 is 2.27 bits per heavy atom. The van der Waals surface area contributed by atoms with Gasteiger partial charge in [-0.05, 0) is 11.6 Å². The molecule has 0 amide bonds. The zero-order valence-electron chi connectivity index (χ0n) is 13.2. The number of nitrogens with zero attached hydrogens (tertiary/aromatic N) is 3. The van der Waals surface area contributed by atoms with E-state index < -0.39 is 10.7 Å². The van der Waals surface area contributed by atoms with Crippen molar-refractivity contribution < 1.29 is 9.18 Å². The van der Waals surface area contributed by atoms with Crippen LogP contribution >= 0.6 is 27.9 Å². The average molecular weight is 432 g/mol. The quantitative estimate of drug-likeness (QED) is 0.676. The highest BCUT2D eigenvalue weighted by Crippen LogP contribution is 2.55. The molecule has 9 heteroatoms. The number of carbonyl (C=O) groups is 1. The summed E-state index contributed by atoms with van der Waals surface area (Å²) in [5.41, 5.74) is 11.5. The molecule has 0 saturated heterocycles. The third-order valence-electron chi connectivity index (χ3n) is 4.82. The monoisotopic (exact) mass is 431 g/mol. The van der Waals surface area contributed by atoms with Crippen molar-refractivity contribution >= 4 is 55.7 Å². The molecule has 130 valence electrons. The lowest BCUT2D eigenvalue weighted by molar-refractivity contribution is -0.115. The Morgan fingerprint density at radius 3 is 3.12 bits per heavy atom. The normalized spacial score (nSPS) is 24.7. The largest absolute Gasteiger partial charge is 0.398 e. The molecular formula is C17H11BrFN5OS. The zero-order valence-corrected chi connectivity index (χ0v) is 15.6. The molecule has 3 aliphatic rings. The number of H-pyrrole nitrogens is 1. The summed E-state index contributed by atoms with van der Waals surface area (Å²) in [6.45, 7) is 0. The van der Waals surface area contributed by atoms with Crippen LogP contribution in [0.3, 0.4) is 0 Å². The first kappa shape index (κ1) is 15.8. The predicted octanol–water partition coefficient (Wildman–Crippen LogP) is 3.21. The van der Waals surface area contributed by atoms with E-state index in [0.29, 0.717) is 33.3 Å². The summed E-state index contributed by atoms with van der Waals surface area (Å²) in [5, 5.41) is 7.20. The molecule has 2 aromatic rings. The molecule has 0 fully saturated rings. The van der Waals surface area contributed by atoms with Crippen LogP contribution < -0.4 is 5.73 Å². The van der Waals surface area contributed by atoms with Gasteiger partial charge in [-0.1, -0.05) is 23.9 Å². The first-order chi connectivity index (χ1) is 12.5. The maximum absolute atomic E-state index is 14.0. The molecule has 1 aromatic carbocycles. The number of Topliss-reactive ketones (excluding diaryl/α,β-unsaturated/α-hetero) is 1. The minimum absolute atomic E-state index is 0.0511. The predicted molar refractivity (Wildman–Crippen MR) is 103 cm³/mol. The van der Waals surface area contributed by atoms with E-state index in [-0.39, 0.29) is 12.2 Å². The third-order valence-corrected chi connectivity index (χ3v) is 6.95. The van der Waals surface area contributed by atoms with Crippen LogP contribution in [-0.2, 0) is 4.79 Å². The number of ketones is 1. The Balaban J connectivity index is 1.77. The number of nitrogens with one attached hydrogen (secondary N) is 1. The lowest BCUT2D eigenvalue weighted by atomic mass is 9.84. The molecule has 1 spiro atoms. The second-order valence-electron chi connectivity index (χ2n) is 6.11. The number of carbonyl (C=O) groups excluding carboxylic acids is 1. The van der Waals surface area contributed by atoms with E-state index >= 15 is 0 Å². The Bertz CT molecular complexity index is 1120. The number of halogens is 2. The van der Waals surface area contributed by atoms with Gasteiger partial charge in [0.1, 0.15) is 11.3 Å². The molecule has 0 bridgehead atoms. The fourth-order valence-electron chi connectivity index (χ4n) is 3.63. The standard InChI is InChI=1S/C17H11BrFN5OS/c18-24-6-10(8-1-2-11(19)16-9(8)5-22-23-16)15(20)14-12(25)3-4-13-17(14,24)26-7-21-13/h1-2,4-7H,3,20H2,(H,22,23). The van der Waals surface area contributed by atoms with Crippen LogP contribution in [0.5, 0.6) is 0 Å². The smallest absolute Gasteiger partial charge is 0.174 e. The van der Waals surface area contributed by atoms with Crippen molar-refractivity contribution in [3.05, 3.63) is 59.0 Å². The number of benzene rings is 1. The van der Waals surface area contributed by atoms with Crippen LogP contribution in [0.1, 0.15) is 12.0 Å². The maximum Gasteiger partial charge on any atom is 0.174 e. The van der Waals surface area contributed by atoms with Gasteiger partial charge in [0.25, 0.3) is 0 Å². The fraction of sp³-hybridized carbons (Fsp3) is 0.118. The van der Waals surface area contributed by atoms with Gasteiger partial charge in [0.15, 0.2) is 10.7 Å². The van der Waals surface area contributed by atoms with Gasteiger partial charge in [-0.15, -0.1) is 0 Å². The number of nitrogens with two attached hydrogens (primary N) is 1. The molecule has 0 saturated carbocycles. The van der Waals surface area contributed by atoms with Crippen LogP contribution in [0.2, 0.25) is 0 Å². The molecule has 3 N–H and O–H groups in total. The number of rotatable bonds is 1. The Labute approximate surface area is 160 Å². The molecular weight excluding hydrogens is 421 g/mol. The van der Waals surface area contributed by atoms with Crippen molar-refractivity contribution in [2.24, 2.45) is 10.7 Å². The number of thioether (sulfide) groups is 1. The van der Waals surface area contributed by atoms with Crippen LogP contribution in [-0.4, -0.2) is 30.3 Å². The van der Waals surface area contributed by atoms with Crippen LogP contribution in [0.25, 0.3) is 16.5 Å². The van der Waals surface area contributed by atoms with E-state index in [1.807, 2.05) is 12.3 Å². The highest BCUT2D eigenvalue weighted by Gasteiger charge is 2.53. The summed E-state index contributed by atoms with van der Waals surface area (Å²) in [5.74, 6) is -0.445. The van der Waals surface area contributed by atoms with Crippen LogP contribution in [0.4, 0.5) is 4.39 Å². The SMILES string of the molecule is NC1=C2C(=O)CC=C3N=CSC32N(Br)C=C1c1ccc(F)c2[nH]ncc12. The van der Waals surface area contributed by atoms with Crippen molar-refractivity contribution in [3.8, 4) is 0 Å². The summed E-state index contributed by atoms with van der Waals surface area (Å²) in [6, 6.07) is 3.01. The first-order valence-electron chi connectivity index (χ1n) is 7.77. The lowest BCUT2D eigenvalue weighted by Crippen LogP contribution is -2.47. The van der Waals surface area contributed by atoms with Crippen LogP contribution in [0.15, 0.2) is 52.6 Å². The summed E-state index contributed by atoms with van der Waals surface area (Å²) in [6.07, 6.45) is 5.45. The molecule has 26 heavy (non-hydrogen) atoms. The molecule has 3 heterocycles. The van der Waals surface area contributed by atoms with E-state index in [9.17, 15) is 9.18 Å². The fourth-order valence-corrected chi connectivity index (χ4v) is 5.51.